The fraction of sp³-hybridized carbons (Fsp3) is 0.524. The number of hydrogen-bond donors (Lipinski definition) is 2. The summed E-state index contributed by atoms with van der Waals surface area (Å²) in [5.74, 6) is -0.627. The first kappa shape index (κ1) is 24.1. The Kier molecular flexibility index (Phi) is 7.37. The van der Waals surface area contributed by atoms with Crippen LogP contribution in [0.2, 0.25) is 10.0 Å². The minimum absolute atomic E-state index is 0.0244. The number of anilines is 1. The molecule has 2 aliphatic heterocycles. The van der Waals surface area contributed by atoms with Crippen molar-refractivity contribution in [1.29, 1.82) is 0 Å². The van der Waals surface area contributed by atoms with E-state index in [-0.39, 0.29) is 23.0 Å². The third kappa shape index (κ3) is 5.56. The first-order valence-electron chi connectivity index (χ1n) is 10.7. The van der Waals surface area contributed by atoms with Gasteiger partial charge in [-0.05, 0) is 30.7 Å². The number of fused-ring (bicyclic) bond motifs is 1. The van der Waals surface area contributed by atoms with Crippen molar-refractivity contribution in [2.75, 3.05) is 44.7 Å². The number of nitrogens with zero attached hydrogens (tertiary/aromatic N) is 3. The van der Waals surface area contributed by atoms with Crippen LogP contribution in [0.25, 0.3) is 0 Å². The van der Waals surface area contributed by atoms with Crippen LogP contribution in [-0.4, -0.2) is 66.2 Å². The second-order valence-corrected chi connectivity index (χ2v) is 8.88. The largest absolute Gasteiger partial charge is 0.410 e. The van der Waals surface area contributed by atoms with Gasteiger partial charge in [0.2, 0.25) is 0 Å². The highest BCUT2D eigenvalue weighted by molar-refractivity contribution is 6.36. The summed E-state index contributed by atoms with van der Waals surface area (Å²) in [4.78, 5) is 14.9. The number of aromatic nitrogens is 2. The molecular formula is C21H24Cl2F3N5O2. The molecule has 2 aromatic rings. The number of ether oxygens (including phenoxy) is 1. The number of nitrogens with one attached hydrogen (secondary N) is 2. The molecule has 1 saturated heterocycles. The molecule has 12 heteroatoms. The Morgan fingerprint density at radius 2 is 1.91 bits per heavy atom. The molecule has 1 aromatic heterocycles. The summed E-state index contributed by atoms with van der Waals surface area (Å²) in [5, 5.41) is 10.0. The number of amides is 1. The molecule has 2 N–H and O–H groups in total. The van der Waals surface area contributed by atoms with Crippen LogP contribution in [0.15, 0.2) is 24.3 Å². The molecule has 2 atom stereocenters. The van der Waals surface area contributed by atoms with Gasteiger partial charge in [0, 0.05) is 31.1 Å². The van der Waals surface area contributed by atoms with Crippen LogP contribution >= 0.6 is 23.2 Å². The monoisotopic (exact) mass is 505 g/mol. The van der Waals surface area contributed by atoms with Crippen LogP contribution in [0.3, 0.4) is 0 Å². The van der Waals surface area contributed by atoms with Crippen LogP contribution < -0.4 is 10.6 Å². The molecule has 0 bridgehead atoms. The van der Waals surface area contributed by atoms with E-state index in [4.69, 9.17) is 27.9 Å². The number of carbonyl (C=O) groups excluding carboxylic acids is 1. The van der Waals surface area contributed by atoms with Crippen LogP contribution in [0.1, 0.15) is 41.0 Å². The number of rotatable bonds is 6. The van der Waals surface area contributed by atoms with E-state index in [1.807, 2.05) is 0 Å². The molecule has 2 unspecified atom stereocenters. The minimum atomic E-state index is -4.57. The second-order valence-electron chi connectivity index (χ2n) is 8.06. The molecule has 0 spiro atoms. The zero-order valence-electron chi connectivity index (χ0n) is 17.7. The predicted octanol–water partition coefficient (Wildman–Crippen LogP) is 4.30. The Balaban J connectivity index is 1.48. The van der Waals surface area contributed by atoms with Crippen molar-refractivity contribution >= 4 is 34.9 Å². The number of halogens is 5. The van der Waals surface area contributed by atoms with Crippen molar-refractivity contribution in [1.82, 2.24) is 20.0 Å². The fourth-order valence-electron chi connectivity index (χ4n) is 4.06. The fourth-order valence-corrected chi connectivity index (χ4v) is 4.45. The first-order valence-corrected chi connectivity index (χ1v) is 11.4. The van der Waals surface area contributed by atoms with Crippen LogP contribution in [0, 0.1) is 0 Å². The van der Waals surface area contributed by atoms with E-state index >= 15 is 0 Å². The Morgan fingerprint density at radius 1 is 1.21 bits per heavy atom. The highest BCUT2D eigenvalue weighted by atomic mass is 35.5. The van der Waals surface area contributed by atoms with Crippen molar-refractivity contribution < 1.29 is 22.7 Å². The highest BCUT2D eigenvalue weighted by Crippen LogP contribution is 2.46. The summed E-state index contributed by atoms with van der Waals surface area (Å²) in [6.45, 7) is 4.20. The molecule has 0 saturated carbocycles. The Morgan fingerprint density at radius 3 is 2.58 bits per heavy atom. The maximum absolute atomic E-state index is 13.9. The molecule has 1 aromatic carbocycles. The second kappa shape index (κ2) is 10.1. The van der Waals surface area contributed by atoms with E-state index in [0.717, 1.165) is 24.3 Å². The van der Waals surface area contributed by atoms with Gasteiger partial charge in [-0.15, -0.1) is 0 Å². The normalized spacial score (nSPS) is 21.4. The van der Waals surface area contributed by atoms with Crippen LogP contribution in [0.4, 0.5) is 19.0 Å². The summed E-state index contributed by atoms with van der Waals surface area (Å²) < 4.78 is 47.7. The summed E-state index contributed by atoms with van der Waals surface area (Å²) in [6, 6.07) is 3.97. The lowest BCUT2D eigenvalue weighted by Crippen LogP contribution is -2.38. The van der Waals surface area contributed by atoms with Crippen molar-refractivity contribution in [3.05, 3.63) is 45.6 Å². The molecule has 4 rings (SSSR count). The SMILES string of the molecule is O=C(NCCCN1CCOCC1)c1nn2c(c1Cl)NC(c1ccc(Cl)cc1)CC2C(F)(F)F. The van der Waals surface area contributed by atoms with E-state index in [0.29, 0.717) is 36.8 Å². The molecule has 7 nitrogen and oxygen atoms in total. The zero-order chi connectivity index (χ0) is 23.6. The van der Waals surface area contributed by atoms with Gasteiger partial charge in [-0.25, -0.2) is 4.68 Å². The van der Waals surface area contributed by atoms with Gasteiger partial charge in [0.05, 0.1) is 19.3 Å². The van der Waals surface area contributed by atoms with Gasteiger partial charge >= 0.3 is 6.18 Å². The molecule has 180 valence electrons. The minimum Gasteiger partial charge on any atom is -0.379 e. The van der Waals surface area contributed by atoms with Crippen molar-refractivity contribution in [3.8, 4) is 0 Å². The summed E-state index contributed by atoms with van der Waals surface area (Å²) in [5.41, 5.74) is 0.405. The van der Waals surface area contributed by atoms with Gasteiger partial charge in [-0.3, -0.25) is 9.69 Å². The summed E-state index contributed by atoms with van der Waals surface area (Å²) in [6.07, 6.45) is -4.17. The van der Waals surface area contributed by atoms with E-state index in [1.54, 1.807) is 24.3 Å². The Bertz CT molecular complexity index is 978. The Labute approximate surface area is 199 Å². The number of benzene rings is 1. The number of hydrogen-bond acceptors (Lipinski definition) is 5. The third-order valence-corrected chi connectivity index (χ3v) is 6.43. The van der Waals surface area contributed by atoms with Gasteiger partial charge in [-0.1, -0.05) is 35.3 Å². The molecule has 33 heavy (non-hydrogen) atoms. The van der Waals surface area contributed by atoms with E-state index in [2.05, 4.69) is 20.6 Å². The van der Waals surface area contributed by atoms with E-state index < -0.39 is 24.2 Å². The van der Waals surface area contributed by atoms with E-state index in [9.17, 15) is 18.0 Å². The Hall–Kier alpha value is -2.01. The average Bonchev–Trinajstić information content (AvgIpc) is 3.13. The van der Waals surface area contributed by atoms with Gasteiger partial charge in [0.1, 0.15) is 10.8 Å². The average molecular weight is 506 g/mol. The van der Waals surface area contributed by atoms with Gasteiger partial charge in [0.15, 0.2) is 11.7 Å². The topological polar surface area (TPSA) is 71.4 Å². The van der Waals surface area contributed by atoms with Gasteiger partial charge in [0.25, 0.3) is 5.91 Å². The van der Waals surface area contributed by atoms with Crippen LogP contribution in [0.5, 0.6) is 0 Å². The molecular weight excluding hydrogens is 482 g/mol. The van der Waals surface area contributed by atoms with Crippen molar-refractivity contribution in [3.63, 3.8) is 0 Å². The molecule has 1 fully saturated rings. The number of carbonyl (C=O) groups is 1. The lowest BCUT2D eigenvalue weighted by atomic mass is 9.97. The lowest BCUT2D eigenvalue weighted by Gasteiger charge is -2.33. The summed E-state index contributed by atoms with van der Waals surface area (Å²) >= 11 is 12.3. The quantitative estimate of drug-likeness (QED) is 0.572. The maximum Gasteiger partial charge on any atom is 0.410 e. The zero-order valence-corrected chi connectivity index (χ0v) is 19.2. The van der Waals surface area contributed by atoms with E-state index in [1.165, 1.54) is 0 Å². The molecule has 1 amide bonds. The first-order chi connectivity index (χ1) is 15.7. The molecule has 0 aliphatic carbocycles. The molecule has 2 aliphatic rings. The molecule has 3 heterocycles. The third-order valence-electron chi connectivity index (χ3n) is 5.82. The van der Waals surface area contributed by atoms with Crippen molar-refractivity contribution in [2.24, 2.45) is 0 Å². The standard InChI is InChI=1S/C21H24Cl2F3N5O2/c22-14-4-2-13(3-5-14)15-12-16(21(24,25)26)31-19(28-15)17(23)18(29-31)20(32)27-6-1-7-30-8-10-33-11-9-30/h2-5,15-16,28H,1,6-12H2,(H,27,32). The predicted molar refractivity (Wildman–Crippen MR) is 119 cm³/mol. The maximum atomic E-state index is 13.9. The van der Waals surface area contributed by atoms with Crippen molar-refractivity contribution in [2.45, 2.75) is 31.1 Å². The number of alkyl halides is 3. The smallest absolute Gasteiger partial charge is 0.379 e. The highest BCUT2D eigenvalue weighted by Gasteiger charge is 2.47. The van der Waals surface area contributed by atoms with Crippen LogP contribution in [-0.2, 0) is 4.74 Å². The lowest BCUT2D eigenvalue weighted by molar-refractivity contribution is -0.173. The molecule has 0 radical (unpaired) electrons. The van der Waals surface area contributed by atoms with Gasteiger partial charge < -0.3 is 15.4 Å². The van der Waals surface area contributed by atoms with Gasteiger partial charge in [-0.2, -0.15) is 18.3 Å². The number of morpholine rings is 1. The summed E-state index contributed by atoms with van der Waals surface area (Å²) in [7, 11) is 0.